The van der Waals surface area contributed by atoms with E-state index in [2.05, 4.69) is 29.7 Å². The maximum Gasteiger partial charge on any atom is 0.161 e. The van der Waals surface area contributed by atoms with Crippen LogP contribution in [-0.2, 0) is 0 Å². The molecule has 0 saturated carbocycles. The second-order valence-corrected chi connectivity index (χ2v) is 4.28. The van der Waals surface area contributed by atoms with E-state index < -0.39 is 0 Å². The number of benzene rings is 1. The monoisotopic (exact) mass is 232 g/mol. The lowest BCUT2D eigenvalue weighted by molar-refractivity contribution is 0.171. The maximum atomic E-state index is 5.60. The van der Waals surface area contributed by atoms with Crippen molar-refractivity contribution in [2.75, 3.05) is 19.9 Å². The number of allylic oxidation sites excluding steroid dienone is 1. The minimum atomic E-state index is 0.334. The fraction of sp³-hybridized carbons (Fsp3) is 0.385. The van der Waals surface area contributed by atoms with Gasteiger partial charge in [0.25, 0.3) is 0 Å². The van der Waals surface area contributed by atoms with Gasteiger partial charge in [0.1, 0.15) is 13.2 Å². The molecule has 1 atom stereocenters. The summed E-state index contributed by atoms with van der Waals surface area (Å²) in [6.45, 7) is 4.26. The van der Waals surface area contributed by atoms with E-state index in [9.17, 15) is 0 Å². The fourth-order valence-corrected chi connectivity index (χ4v) is 2.15. The van der Waals surface area contributed by atoms with Crippen LogP contribution in [0.1, 0.15) is 18.4 Å². The fourth-order valence-electron chi connectivity index (χ4n) is 2.15. The van der Waals surface area contributed by atoms with Gasteiger partial charge in [0.2, 0.25) is 0 Å². The van der Waals surface area contributed by atoms with Crippen LogP contribution in [0.25, 0.3) is 0 Å². The van der Waals surface area contributed by atoms with Crippen LogP contribution in [0.4, 0.5) is 0 Å². The van der Waals surface area contributed by atoms with Crippen LogP contribution in [0.15, 0.2) is 30.1 Å². The van der Waals surface area contributed by atoms with Gasteiger partial charge in [0.15, 0.2) is 11.5 Å². The van der Waals surface area contributed by atoms with Crippen molar-refractivity contribution in [3.63, 3.8) is 0 Å². The lowest BCUT2D eigenvalue weighted by Gasteiger charge is -2.21. The Morgan fingerprint density at radius 1 is 1.18 bits per heavy atom. The van der Waals surface area contributed by atoms with Gasteiger partial charge >= 0.3 is 0 Å². The average molecular weight is 232 g/mol. The SMILES string of the molecule is CC(C1=CNCN1)c1ccc2c(c1)OCCO2. The number of ether oxygens (including phenoxy) is 2. The summed E-state index contributed by atoms with van der Waals surface area (Å²) in [6, 6.07) is 6.16. The second kappa shape index (κ2) is 4.20. The largest absolute Gasteiger partial charge is 0.486 e. The third-order valence-electron chi connectivity index (χ3n) is 3.18. The molecule has 4 heteroatoms. The van der Waals surface area contributed by atoms with Crippen molar-refractivity contribution in [2.45, 2.75) is 12.8 Å². The topological polar surface area (TPSA) is 42.5 Å². The first-order valence-electron chi connectivity index (χ1n) is 5.91. The molecule has 17 heavy (non-hydrogen) atoms. The molecule has 0 amide bonds. The summed E-state index contributed by atoms with van der Waals surface area (Å²) in [6.07, 6.45) is 2.03. The molecule has 1 aromatic carbocycles. The van der Waals surface area contributed by atoms with Gasteiger partial charge in [-0.2, -0.15) is 0 Å². The average Bonchev–Trinajstić information content (AvgIpc) is 2.91. The molecule has 0 radical (unpaired) electrons. The van der Waals surface area contributed by atoms with Crippen molar-refractivity contribution in [3.05, 3.63) is 35.7 Å². The molecule has 2 aliphatic heterocycles. The van der Waals surface area contributed by atoms with Crippen LogP contribution >= 0.6 is 0 Å². The Morgan fingerprint density at radius 2 is 2.00 bits per heavy atom. The van der Waals surface area contributed by atoms with E-state index in [-0.39, 0.29) is 0 Å². The van der Waals surface area contributed by atoms with Crippen LogP contribution in [0.2, 0.25) is 0 Å². The Labute approximate surface area is 101 Å². The van der Waals surface area contributed by atoms with Crippen LogP contribution in [-0.4, -0.2) is 19.9 Å². The molecule has 4 nitrogen and oxygen atoms in total. The molecule has 0 aliphatic carbocycles. The van der Waals surface area contributed by atoms with Crippen molar-refractivity contribution in [3.8, 4) is 11.5 Å². The van der Waals surface area contributed by atoms with E-state index >= 15 is 0 Å². The molecule has 2 N–H and O–H groups in total. The molecule has 0 spiro atoms. The number of rotatable bonds is 2. The first-order valence-corrected chi connectivity index (χ1v) is 5.91. The predicted octanol–water partition coefficient (Wildman–Crippen LogP) is 1.55. The minimum Gasteiger partial charge on any atom is -0.486 e. The lowest BCUT2D eigenvalue weighted by Crippen LogP contribution is -2.18. The Balaban J connectivity index is 1.87. The van der Waals surface area contributed by atoms with Crippen LogP contribution < -0.4 is 20.1 Å². The standard InChI is InChI=1S/C13H16N2O2/c1-9(11-7-14-8-15-11)10-2-3-12-13(6-10)17-5-4-16-12/h2-3,6-7,9,14-15H,4-5,8H2,1H3. The predicted molar refractivity (Wildman–Crippen MR) is 65.1 cm³/mol. The van der Waals surface area contributed by atoms with Crippen molar-refractivity contribution in [1.82, 2.24) is 10.6 Å². The van der Waals surface area contributed by atoms with E-state index in [4.69, 9.17) is 9.47 Å². The molecule has 2 aliphatic rings. The van der Waals surface area contributed by atoms with Crippen molar-refractivity contribution >= 4 is 0 Å². The zero-order valence-electron chi connectivity index (χ0n) is 9.82. The summed E-state index contributed by atoms with van der Waals surface area (Å²) in [5, 5.41) is 6.47. The van der Waals surface area contributed by atoms with Gasteiger partial charge in [0.05, 0.1) is 6.67 Å². The van der Waals surface area contributed by atoms with Crippen molar-refractivity contribution in [2.24, 2.45) is 0 Å². The molecule has 0 fully saturated rings. The molecular weight excluding hydrogens is 216 g/mol. The van der Waals surface area contributed by atoms with Gasteiger partial charge in [-0.3, -0.25) is 0 Å². The van der Waals surface area contributed by atoms with Gasteiger partial charge in [0, 0.05) is 17.8 Å². The quantitative estimate of drug-likeness (QED) is 0.812. The number of hydrogen-bond donors (Lipinski definition) is 2. The maximum absolute atomic E-state index is 5.60. The Bertz CT molecular complexity index is 457. The second-order valence-electron chi connectivity index (χ2n) is 4.28. The van der Waals surface area contributed by atoms with E-state index in [0.29, 0.717) is 19.1 Å². The molecule has 0 aromatic heterocycles. The van der Waals surface area contributed by atoms with E-state index in [0.717, 1.165) is 18.2 Å². The summed E-state index contributed by atoms with van der Waals surface area (Å²) < 4.78 is 11.1. The zero-order valence-corrected chi connectivity index (χ0v) is 9.82. The third-order valence-corrected chi connectivity index (χ3v) is 3.18. The van der Waals surface area contributed by atoms with Crippen molar-refractivity contribution < 1.29 is 9.47 Å². The third kappa shape index (κ3) is 1.90. The highest BCUT2D eigenvalue weighted by atomic mass is 16.6. The molecular formula is C13H16N2O2. The van der Waals surface area contributed by atoms with E-state index in [1.165, 1.54) is 11.3 Å². The summed E-state index contributed by atoms with van der Waals surface area (Å²) in [7, 11) is 0. The van der Waals surface area contributed by atoms with Crippen LogP contribution in [0.5, 0.6) is 11.5 Å². The van der Waals surface area contributed by atoms with Gasteiger partial charge < -0.3 is 20.1 Å². The summed E-state index contributed by atoms with van der Waals surface area (Å²) in [5.74, 6) is 2.03. The van der Waals surface area contributed by atoms with Gasteiger partial charge in [-0.05, 0) is 17.7 Å². The van der Waals surface area contributed by atoms with Crippen LogP contribution in [0, 0.1) is 0 Å². The molecule has 1 aromatic rings. The Kier molecular flexibility index (Phi) is 2.55. The molecule has 0 bridgehead atoms. The minimum absolute atomic E-state index is 0.334. The summed E-state index contributed by atoms with van der Waals surface area (Å²) in [5.41, 5.74) is 2.44. The highest BCUT2D eigenvalue weighted by Crippen LogP contribution is 2.34. The smallest absolute Gasteiger partial charge is 0.161 e. The number of fused-ring (bicyclic) bond motifs is 1. The van der Waals surface area contributed by atoms with Crippen LogP contribution in [0.3, 0.4) is 0 Å². The summed E-state index contributed by atoms with van der Waals surface area (Å²) in [4.78, 5) is 0. The van der Waals surface area contributed by atoms with E-state index in [1.54, 1.807) is 0 Å². The van der Waals surface area contributed by atoms with Gasteiger partial charge in [-0.15, -0.1) is 0 Å². The number of nitrogens with one attached hydrogen (secondary N) is 2. The molecule has 3 rings (SSSR count). The Morgan fingerprint density at radius 3 is 2.76 bits per heavy atom. The normalized spacial score (nSPS) is 19.0. The first-order chi connectivity index (χ1) is 8.34. The Hall–Kier alpha value is -1.84. The van der Waals surface area contributed by atoms with Gasteiger partial charge in [-0.25, -0.2) is 0 Å². The lowest BCUT2D eigenvalue weighted by atomic mass is 9.97. The zero-order chi connectivity index (χ0) is 11.7. The molecule has 1 unspecified atom stereocenters. The molecule has 0 saturated heterocycles. The van der Waals surface area contributed by atoms with Crippen molar-refractivity contribution in [1.29, 1.82) is 0 Å². The summed E-state index contributed by atoms with van der Waals surface area (Å²) >= 11 is 0. The highest BCUT2D eigenvalue weighted by Gasteiger charge is 2.18. The number of hydrogen-bond acceptors (Lipinski definition) is 4. The molecule has 2 heterocycles. The first kappa shape index (κ1) is 10.3. The highest BCUT2D eigenvalue weighted by molar-refractivity contribution is 5.46. The van der Waals surface area contributed by atoms with E-state index in [1.807, 2.05) is 12.3 Å². The molecule has 90 valence electrons. The van der Waals surface area contributed by atoms with Gasteiger partial charge in [-0.1, -0.05) is 13.0 Å².